The Kier molecular flexibility index (Phi) is 4.34. The van der Waals surface area contributed by atoms with Gasteiger partial charge < -0.3 is 10.4 Å². The average molecular weight is 367 g/mol. The molecule has 0 aliphatic heterocycles. The van der Waals surface area contributed by atoms with Crippen LogP contribution >= 0.6 is 11.3 Å². The van der Waals surface area contributed by atoms with Crippen molar-refractivity contribution in [2.24, 2.45) is 0 Å². The number of hydrogen-bond acceptors (Lipinski definition) is 7. The third-order valence-corrected chi connectivity index (χ3v) is 5.34. The first-order valence-electron chi connectivity index (χ1n) is 8.35. The van der Waals surface area contributed by atoms with Gasteiger partial charge in [-0.3, -0.25) is 4.98 Å². The number of pyridine rings is 1. The van der Waals surface area contributed by atoms with Gasteiger partial charge in [0, 0.05) is 17.3 Å². The SMILES string of the molecule is Cc1nc2c(s1)CCCC2Nc1nccc(-c2cc(C(=O)O)ccn2)n1. The van der Waals surface area contributed by atoms with Crippen LogP contribution in [-0.4, -0.2) is 31.0 Å². The van der Waals surface area contributed by atoms with E-state index in [1.54, 1.807) is 23.6 Å². The van der Waals surface area contributed by atoms with E-state index in [4.69, 9.17) is 5.11 Å². The molecule has 26 heavy (non-hydrogen) atoms. The van der Waals surface area contributed by atoms with E-state index in [9.17, 15) is 4.79 Å². The highest BCUT2D eigenvalue weighted by molar-refractivity contribution is 7.11. The lowest BCUT2D eigenvalue weighted by molar-refractivity contribution is 0.0697. The average Bonchev–Trinajstić information content (AvgIpc) is 3.03. The van der Waals surface area contributed by atoms with Gasteiger partial charge in [-0.25, -0.2) is 19.7 Å². The van der Waals surface area contributed by atoms with Crippen LogP contribution in [0.5, 0.6) is 0 Å². The van der Waals surface area contributed by atoms with Crippen LogP contribution in [0.2, 0.25) is 0 Å². The van der Waals surface area contributed by atoms with Crippen molar-refractivity contribution in [1.82, 2.24) is 19.9 Å². The van der Waals surface area contributed by atoms with Crippen LogP contribution in [0.1, 0.15) is 44.8 Å². The maximum Gasteiger partial charge on any atom is 0.335 e. The number of carboxylic acids is 1. The monoisotopic (exact) mass is 367 g/mol. The first-order valence-corrected chi connectivity index (χ1v) is 9.17. The number of nitrogens with one attached hydrogen (secondary N) is 1. The van der Waals surface area contributed by atoms with Crippen LogP contribution in [-0.2, 0) is 6.42 Å². The first-order chi connectivity index (χ1) is 12.6. The second-order valence-electron chi connectivity index (χ2n) is 6.13. The molecule has 0 spiro atoms. The molecule has 3 aromatic rings. The molecule has 8 heteroatoms. The normalized spacial score (nSPS) is 16.1. The molecular weight excluding hydrogens is 350 g/mol. The van der Waals surface area contributed by atoms with Crippen LogP contribution in [0.4, 0.5) is 5.95 Å². The van der Waals surface area contributed by atoms with E-state index >= 15 is 0 Å². The zero-order chi connectivity index (χ0) is 18.1. The van der Waals surface area contributed by atoms with Gasteiger partial charge in [-0.15, -0.1) is 11.3 Å². The van der Waals surface area contributed by atoms with Crippen molar-refractivity contribution in [2.45, 2.75) is 32.2 Å². The molecule has 0 saturated heterocycles. The van der Waals surface area contributed by atoms with Gasteiger partial charge in [-0.2, -0.15) is 0 Å². The Bertz CT molecular complexity index is 972. The summed E-state index contributed by atoms with van der Waals surface area (Å²) in [5.74, 6) is -0.497. The number of anilines is 1. The van der Waals surface area contributed by atoms with Crippen molar-refractivity contribution in [2.75, 3.05) is 5.32 Å². The Morgan fingerprint density at radius 3 is 2.92 bits per heavy atom. The number of aromatic carboxylic acids is 1. The zero-order valence-electron chi connectivity index (χ0n) is 14.1. The molecule has 4 rings (SSSR count). The standard InChI is InChI=1S/C18H17N5O2S/c1-10-21-16-13(3-2-4-15(16)26-10)23-18-20-8-6-12(22-18)14-9-11(17(24)25)5-7-19-14/h5-9,13H,2-4H2,1H3,(H,24,25)(H,20,22,23). The molecular formula is C18H17N5O2S. The summed E-state index contributed by atoms with van der Waals surface area (Å²) in [6, 6.07) is 4.78. The Hall–Kier alpha value is -2.87. The summed E-state index contributed by atoms with van der Waals surface area (Å²) in [6.45, 7) is 2.03. The van der Waals surface area contributed by atoms with E-state index in [-0.39, 0.29) is 11.6 Å². The summed E-state index contributed by atoms with van der Waals surface area (Å²) in [7, 11) is 0. The van der Waals surface area contributed by atoms with Crippen LogP contribution < -0.4 is 5.32 Å². The Balaban J connectivity index is 1.61. The lowest BCUT2D eigenvalue weighted by atomic mass is 9.98. The number of hydrogen-bond donors (Lipinski definition) is 2. The molecule has 0 saturated carbocycles. The zero-order valence-corrected chi connectivity index (χ0v) is 15.0. The summed E-state index contributed by atoms with van der Waals surface area (Å²) in [5, 5.41) is 13.6. The number of fused-ring (bicyclic) bond motifs is 1. The predicted molar refractivity (Wildman–Crippen MR) is 98.4 cm³/mol. The van der Waals surface area contributed by atoms with Gasteiger partial charge in [-0.05, 0) is 44.4 Å². The Morgan fingerprint density at radius 1 is 1.23 bits per heavy atom. The third-order valence-electron chi connectivity index (χ3n) is 4.29. The summed E-state index contributed by atoms with van der Waals surface area (Å²) < 4.78 is 0. The number of nitrogens with zero attached hydrogens (tertiary/aromatic N) is 4. The van der Waals surface area contributed by atoms with Crippen LogP contribution in [0.25, 0.3) is 11.4 Å². The first kappa shape index (κ1) is 16.6. The second-order valence-corrected chi connectivity index (χ2v) is 7.42. The molecule has 1 aliphatic carbocycles. The molecule has 1 atom stereocenters. The molecule has 2 N–H and O–H groups in total. The smallest absolute Gasteiger partial charge is 0.335 e. The lowest BCUT2D eigenvalue weighted by Gasteiger charge is -2.22. The van der Waals surface area contributed by atoms with Crippen LogP contribution in [0, 0.1) is 6.92 Å². The van der Waals surface area contributed by atoms with Crippen molar-refractivity contribution in [3.05, 3.63) is 51.7 Å². The fraction of sp³-hybridized carbons (Fsp3) is 0.278. The summed E-state index contributed by atoms with van der Waals surface area (Å²) in [5.41, 5.74) is 2.36. The highest BCUT2D eigenvalue weighted by Gasteiger charge is 2.24. The molecule has 1 unspecified atom stereocenters. The van der Waals surface area contributed by atoms with Gasteiger partial charge in [0.25, 0.3) is 0 Å². The van der Waals surface area contributed by atoms with Gasteiger partial charge in [0.1, 0.15) is 0 Å². The molecule has 0 fully saturated rings. The van der Waals surface area contributed by atoms with Gasteiger partial charge in [0.15, 0.2) is 0 Å². The minimum Gasteiger partial charge on any atom is -0.478 e. The molecule has 1 aliphatic rings. The minimum absolute atomic E-state index is 0.0947. The third kappa shape index (κ3) is 3.28. The highest BCUT2D eigenvalue weighted by Crippen LogP contribution is 2.34. The molecule has 132 valence electrons. The number of carbonyl (C=O) groups is 1. The van der Waals surface area contributed by atoms with Crippen molar-refractivity contribution >= 4 is 23.3 Å². The van der Waals surface area contributed by atoms with E-state index in [0.717, 1.165) is 30.0 Å². The summed E-state index contributed by atoms with van der Waals surface area (Å²) in [6.07, 6.45) is 6.28. The predicted octanol–water partition coefficient (Wildman–Crippen LogP) is 3.49. The van der Waals surface area contributed by atoms with E-state index < -0.39 is 5.97 Å². The van der Waals surface area contributed by atoms with E-state index in [2.05, 4.69) is 25.3 Å². The summed E-state index contributed by atoms with van der Waals surface area (Å²) >= 11 is 1.75. The number of thiazole rings is 1. The molecule has 0 aromatic carbocycles. The van der Waals surface area contributed by atoms with E-state index in [0.29, 0.717) is 17.3 Å². The van der Waals surface area contributed by atoms with Crippen LogP contribution in [0.15, 0.2) is 30.6 Å². The quantitative estimate of drug-likeness (QED) is 0.728. The number of rotatable bonds is 4. The molecule has 0 bridgehead atoms. The maximum absolute atomic E-state index is 11.2. The van der Waals surface area contributed by atoms with Gasteiger partial charge in [0.05, 0.1) is 33.7 Å². The Labute approximate surface area is 154 Å². The van der Waals surface area contributed by atoms with Gasteiger partial charge in [0.2, 0.25) is 5.95 Å². The topological polar surface area (TPSA) is 101 Å². The fourth-order valence-corrected chi connectivity index (χ4v) is 4.15. The van der Waals surface area contributed by atoms with Crippen molar-refractivity contribution in [3.63, 3.8) is 0 Å². The molecule has 0 amide bonds. The second kappa shape index (κ2) is 6.80. The maximum atomic E-state index is 11.2. The van der Waals surface area contributed by atoms with E-state index in [1.807, 2.05) is 6.92 Å². The van der Waals surface area contributed by atoms with Crippen molar-refractivity contribution < 1.29 is 9.90 Å². The largest absolute Gasteiger partial charge is 0.478 e. The van der Waals surface area contributed by atoms with E-state index in [1.165, 1.54) is 23.2 Å². The van der Waals surface area contributed by atoms with Gasteiger partial charge >= 0.3 is 5.97 Å². The lowest BCUT2D eigenvalue weighted by Crippen LogP contribution is -2.18. The van der Waals surface area contributed by atoms with Crippen LogP contribution in [0.3, 0.4) is 0 Å². The molecule has 3 heterocycles. The van der Waals surface area contributed by atoms with Gasteiger partial charge in [-0.1, -0.05) is 0 Å². The molecule has 3 aromatic heterocycles. The number of carboxylic acid groups (broad SMARTS) is 1. The van der Waals surface area contributed by atoms with Crippen molar-refractivity contribution in [3.8, 4) is 11.4 Å². The summed E-state index contributed by atoms with van der Waals surface area (Å²) in [4.78, 5) is 30.2. The minimum atomic E-state index is -0.991. The van der Waals surface area contributed by atoms with Crippen molar-refractivity contribution in [1.29, 1.82) is 0 Å². The molecule has 0 radical (unpaired) electrons. The highest BCUT2D eigenvalue weighted by atomic mass is 32.1. The Morgan fingerprint density at radius 2 is 2.08 bits per heavy atom. The number of aryl methyl sites for hydroxylation is 2. The molecule has 7 nitrogen and oxygen atoms in total. The number of aromatic nitrogens is 4. The fourth-order valence-electron chi connectivity index (χ4n) is 3.11.